The molecule has 0 bridgehead atoms. The number of nitrogens with two attached hydrogens (primary N) is 1. The van der Waals surface area contributed by atoms with E-state index in [1.54, 1.807) is 14.2 Å². The van der Waals surface area contributed by atoms with Gasteiger partial charge in [0, 0.05) is 12.6 Å². The average Bonchev–Trinajstić information content (AvgIpc) is 2.74. The van der Waals surface area contributed by atoms with Crippen molar-refractivity contribution < 1.29 is 9.47 Å². The molecule has 1 saturated heterocycles. The second-order valence-corrected chi connectivity index (χ2v) is 7.62. The minimum atomic E-state index is 0. The quantitative estimate of drug-likeness (QED) is 0.318. The molecule has 0 saturated carbocycles. The summed E-state index contributed by atoms with van der Waals surface area (Å²) in [5.41, 5.74) is 9.40. The molecule has 6 nitrogen and oxygen atoms in total. The maximum Gasteiger partial charge on any atom is 0.193 e. The first-order valence-corrected chi connectivity index (χ1v) is 10.2. The molecule has 164 valence electrons. The molecule has 0 unspecified atom stereocenters. The summed E-state index contributed by atoms with van der Waals surface area (Å²) in [4.78, 5) is 7.09. The van der Waals surface area contributed by atoms with Gasteiger partial charge in [-0.2, -0.15) is 0 Å². The highest BCUT2D eigenvalue weighted by Gasteiger charge is 2.16. The average molecular weight is 524 g/mol. The monoisotopic (exact) mass is 524 g/mol. The van der Waals surface area contributed by atoms with Gasteiger partial charge in [-0.05, 0) is 55.1 Å². The third kappa shape index (κ3) is 6.77. The Morgan fingerprint density at radius 2 is 1.80 bits per heavy atom. The fraction of sp³-hybridized carbons (Fsp3) is 0.435. The Morgan fingerprint density at radius 3 is 2.47 bits per heavy atom. The zero-order chi connectivity index (χ0) is 20.6. The minimum Gasteiger partial charge on any atom is -0.497 e. The van der Waals surface area contributed by atoms with Crippen molar-refractivity contribution in [3.05, 3.63) is 53.6 Å². The number of likely N-dealkylation sites (tertiary alicyclic amines) is 1. The molecule has 0 aromatic heterocycles. The second kappa shape index (κ2) is 12.0. The third-order valence-corrected chi connectivity index (χ3v) is 5.48. The van der Waals surface area contributed by atoms with Crippen molar-refractivity contribution in [2.45, 2.75) is 32.9 Å². The van der Waals surface area contributed by atoms with E-state index in [4.69, 9.17) is 15.2 Å². The Bertz CT molecular complexity index is 836. The summed E-state index contributed by atoms with van der Waals surface area (Å²) in [6, 6.07) is 14.0. The molecule has 3 N–H and O–H groups in total. The molecule has 0 amide bonds. The highest BCUT2D eigenvalue weighted by Crippen LogP contribution is 2.28. The smallest absolute Gasteiger partial charge is 0.193 e. The van der Waals surface area contributed by atoms with Gasteiger partial charge in [0.15, 0.2) is 5.96 Å². The van der Waals surface area contributed by atoms with Gasteiger partial charge in [0.25, 0.3) is 0 Å². The van der Waals surface area contributed by atoms with Crippen molar-refractivity contribution in [3.63, 3.8) is 0 Å². The molecule has 0 atom stereocenters. The fourth-order valence-corrected chi connectivity index (χ4v) is 3.59. The number of benzene rings is 2. The lowest BCUT2D eigenvalue weighted by Gasteiger charge is -2.30. The van der Waals surface area contributed by atoms with Crippen LogP contribution in [0.25, 0.3) is 0 Å². The molecule has 1 fully saturated rings. The van der Waals surface area contributed by atoms with Crippen molar-refractivity contribution >= 4 is 35.6 Å². The first-order valence-electron chi connectivity index (χ1n) is 10.2. The Hall–Kier alpha value is -2.00. The predicted molar refractivity (Wildman–Crippen MR) is 134 cm³/mol. The van der Waals surface area contributed by atoms with Crippen molar-refractivity contribution in [1.29, 1.82) is 0 Å². The van der Waals surface area contributed by atoms with E-state index in [2.05, 4.69) is 46.4 Å². The summed E-state index contributed by atoms with van der Waals surface area (Å²) in [6.07, 6.45) is 2.55. The first-order chi connectivity index (χ1) is 14.1. The van der Waals surface area contributed by atoms with Gasteiger partial charge in [-0.1, -0.05) is 31.2 Å². The zero-order valence-electron chi connectivity index (χ0n) is 18.1. The van der Waals surface area contributed by atoms with Gasteiger partial charge in [0.1, 0.15) is 11.5 Å². The summed E-state index contributed by atoms with van der Waals surface area (Å²) in [6.45, 7) is 6.17. The van der Waals surface area contributed by atoms with Crippen LogP contribution in [0, 0.1) is 5.92 Å². The van der Waals surface area contributed by atoms with Crippen LogP contribution in [0.5, 0.6) is 11.5 Å². The predicted octanol–water partition coefficient (Wildman–Crippen LogP) is 4.48. The Kier molecular flexibility index (Phi) is 9.71. The van der Waals surface area contributed by atoms with E-state index in [0.29, 0.717) is 18.3 Å². The molecule has 1 heterocycles. The second-order valence-electron chi connectivity index (χ2n) is 7.62. The van der Waals surface area contributed by atoms with Crippen molar-refractivity contribution in [2.24, 2.45) is 16.6 Å². The molecule has 3 rings (SSSR count). The molecule has 2 aromatic rings. The van der Waals surface area contributed by atoms with Crippen molar-refractivity contribution in [3.8, 4) is 11.5 Å². The number of anilines is 1. The first kappa shape index (κ1) is 24.3. The van der Waals surface area contributed by atoms with Gasteiger partial charge in [-0.25, -0.2) is 4.99 Å². The van der Waals surface area contributed by atoms with E-state index >= 15 is 0 Å². The molecule has 2 aromatic carbocycles. The standard InChI is InChI=1S/C23H32N4O2.HI/c1-17-10-12-27(13-11-17)16-19-7-5-4-6-18(19)15-25-23(24)26-21-14-20(28-2)8-9-22(21)29-3;/h4-9,14,17H,10-13,15-16H2,1-3H3,(H3,24,25,26);1H. The Labute approximate surface area is 196 Å². The molecular weight excluding hydrogens is 491 g/mol. The summed E-state index contributed by atoms with van der Waals surface area (Å²) >= 11 is 0. The molecule has 1 aliphatic rings. The number of aliphatic imine (C=N–C) groups is 1. The number of hydrogen-bond acceptors (Lipinski definition) is 4. The maximum absolute atomic E-state index is 6.15. The Morgan fingerprint density at radius 1 is 1.10 bits per heavy atom. The topological polar surface area (TPSA) is 72.1 Å². The zero-order valence-corrected chi connectivity index (χ0v) is 20.4. The van der Waals surface area contributed by atoms with Crippen LogP contribution in [0.15, 0.2) is 47.5 Å². The van der Waals surface area contributed by atoms with Crippen LogP contribution in [-0.4, -0.2) is 38.2 Å². The number of guanidine groups is 1. The normalized spacial score (nSPS) is 15.4. The van der Waals surface area contributed by atoms with Crippen LogP contribution in [0.4, 0.5) is 5.69 Å². The van der Waals surface area contributed by atoms with E-state index in [1.165, 1.54) is 24.0 Å². The SMILES string of the molecule is COc1ccc(OC)c(NC(N)=NCc2ccccc2CN2CCC(C)CC2)c1.I. The van der Waals surface area contributed by atoms with E-state index in [9.17, 15) is 0 Å². The van der Waals surface area contributed by atoms with Crippen LogP contribution in [0.3, 0.4) is 0 Å². The largest absolute Gasteiger partial charge is 0.497 e. The Balaban J connectivity index is 0.00000320. The lowest BCUT2D eigenvalue weighted by molar-refractivity contribution is 0.185. The summed E-state index contributed by atoms with van der Waals surface area (Å²) in [5, 5.41) is 3.12. The molecule has 0 aliphatic carbocycles. The maximum atomic E-state index is 6.15. The summed E-state index contributed by atoms with van der Waals surface area (Å²) in [5.74, 6) is 2.59. The van der Waals surface area contributed by atoms with Crippen LogP contribution in [0.2, 0.25) is 0 Å². The highest BCUT2D eigenvalue weighted by molar-refractivity contribution is 14.0. The minimum absolute atomic E-state index is 0. The number of methoxy groups -OCH3 is 2. The fourth-order valence-electron chi connectivity index (χ4n) is 3.59. The van der Waals surface area contributed by atoms with Crippen LogP contribution >= 0.6 is 24.0 Å². The van der Waals surface area contributed by atoms with Gasteiger partial charge in [0.2, 0.25) is 0 Å². The van der Waals surface area contributed by atoms with Crippen LogP contribution < -0.4 is 20.5 Å². The number of halogens is 1. The van der Waals surface area contributed by atoms with E-state index in [-0.39, 0.29) is 24.0 Å². The van der Waals surface area contributed by atoms with E-state index in [0.717, 1.165) is 37.0 Å². The molecule has 7 heteroatoms. The molecule has 0 radical (unpaired) electrons. The molecule has 1 aliphatic heterocycles. The molecular formula is C23H33IN4O2. The number of ether oxygens (including phenoxy) is 2. The number of hydrogen-bond donors (Lipinski definition) is 2. The van der Waals surface area contributed by atoms with E-state index in [1.807, 2.05) is 18.2 Å². The van der Waals surface area contributed by atoms with Crippen LogP contribution in [0.1, 0.15) is 30.9 Å². The number of nitrogens with one attached hydrogen (secondary N) is 1. The number of rotatable bonds is 7. The summed E-state index contributed by atoms with van der Waals surface area (Å²) < 4.78 is 10.7. The third-order valence-electron chi connectivity index (χ3n) is 5.48. The number of piperidine rings is 1. The highest BCUT2D eigenvalue weighted by atomic mass is 127. The van der Waals surface area contributed by atoms with Crippen LogP contribution in [-0.2, 0) is 13.1 Å². The summed E-state index contributed by atoms with van der Waals surface area (Å²) in [7, 11) is 3.25. The van der Waals surface area contributed by atoms with Gasteiger partial charge in [-0.15, -0.1) is 24.0 Å². The lowest BCUT2D eigenvalue weighted by atomic mass is 9.98. The molecule has 0 spiro atoms. The lowest BCUT2D eigenvalue weighted by Crippen LogP contribution is -2.32. The van der Waals surface area contributed by atoms with Gasteiger partial charge in [-0.3, -0.25) is 4.90 Å². The van der Waals surface area contributed by atoms with Crippen molar-refractivity contribution in [2.75, 3.05) is 32.6 Å². The van der Waals surface area contributed by atoms with Gasteiger partial charge < -0.3 is 20.5 Å². The number of nitrogens with zero attached hydrogens (tertiary/aromatic N) is 2. The van der Waals surface area contributed by atoms with Gasteiger partial charge >= 0.3 is 0 Å². The van der Waals surface area contributed by atoms with Gasteiger partial charge in [0.05, 0.1) is 26.5 Å². The molecule has 30 heavy (non-hydrogen) atoms. The van der Waals surface area contributed by atoms with Crippen molar-refractivity contribution in [1.82, 2.24) is 4.90 Å². The van der Waals surface area contributed by atoms with E-state index < -0.39 is 0 Å².